The van der Waals surface area contributed by atoms with E-state index in [1.807, 2.05) is 24.3 Å². The minimum absolute atomic E-state index is 0.537. The van der Waals surface area contributed by atoms with Crippen LogP contribution in [0.1, 0.15) is 25.1 Å². The molecule has 106 valence electrons. The lowest BCUT2D eigenvalue weighted by Gasteiger charge is -2.08. The van der Waals surface area contributed by atoms with E-state index in [9.17, 15) is 0 Å². The Morgan fingerprint density at radius 2 is 1.95 bits per heavy atom. The molecule has 1 N–H and O–H groups in total. The highest BCUT2D eigenvalue weighted by atomic mass is 16.5. The smallest absolute Gasteiger partial charge is 0.138 e. The van der Waals surface area contributed by atoms with Crippen molar-refractivity contribution in [3.8, 4) is 5.75 Å². The van der Waals surface area contributed by atoms with Crippen molar-refractivity contribution in [3.05, 3.63) is 54.1 Å². The van der Waals surface area contributed by atoms with Crippen molar-refractivity contribution in [2.75, 3.05) is 6.54 Å². The van der Waals surface area contributed by atoms with E-state index in [2.05, 4.69) is 29.1 Å². The summed E-state index contributed by atoms with van der Waals surface area (Å²) in [6.07, 6.45) is 5.30. The molecular formula is C16H21N3O. The third-order valence-electron chi connectivity index (χ3n) is 2.81. The summed E-state index contributed by atoms with van der Waals surface area (Å²) in [6, 6.07) is 7.84. The number of aromatic nitrogens is 2. The second-order valence-corrected chi connectivity index (χ2v) is 5.15. The lowest BCUT2D eigenvalue weighted by atomic mass is 10.2. The van der Waals surface area contributed by atoms with Crippen molar-refractivity contribution in [2.24, 2.45) is 5.92 Å². The van der Waals surface area contributed by atoms with Crippen molar-refractivity contribution in [1.29, 1.82) is 0 Å². The minimum atomic E-state index is 0.537. The normalized spacial score (nSPS) is 10.8. The summed E-state index contributed by atoms with van der Waals surface area (Å²) in [5.41, 5.74) is 2.13. The van der Waals surface area contributed by atoms with E-state index in [0.29, 0.717) is 12.5 Å². The number of rotatable bonds is 7. The molecule has 0 unspecified atom stereocenters. The third-order valence-corrected chi connectivity index (χ3v) is 2.81. The maximum Gasteiger partial charge on any atom is 0.138 e. The zero-order chi connectivity index (χ0) is 14.2. The standard InChI is InChI=1S/C16H21N3O/c1-13(2)9-18-10-15-3-4-16(11-19-15)20-12-14-5-7-17-8-6-14/h3-8,11,13,18H,9-10,12H2,1-2H3. The maximum absolute atomic E-state index is 5.68. The summed E-state index contributed by atoms with van der Waals surface area (Å²) >= 11 is 0. The van der Waals surface area contributed by atoms with Crippen LogP contribution in [0.25, 0.3) is 0 Å². The molecule has 0 amide bonds. The fourth-order valence-corrected chi connectivity index (χ4v) is 1.74. The highest BCUT2D eigenvalue weighted by Crippen LogP contribution is 2.11. The van der Waals surface area contributed by atoms with Crippen LogP contribution in [0.3, 0.4) is 0 Å². The molecule has 0 spiro atoms. The minimum Gasteiger partial charge on any atom is -0.487 e. The second kappa shape index (κ2) is 7.60. The van der Waals surface area contributed by atoms with E-state index in [1.165, 1.54) is 0 Å². The van der Waals surface area contributed by atoms with Gasteiger partial charge in [-0.2, -0.15) is 0 Å². The van der Waals surface area contributed by atoms with Crippen molar-refractivity contribution < 1.29 is 4.74 Å². The molecule has 2 aromatic heterocycles. The van der Waals surface area contributed by atoms with E-state index >= 15 is 0 Å². The van der Waals surface area contributed by atoms with Crippen LogP contribution in [0.4, 0.5) is 0 Å². The van der Waals surface area contributed by atoms with Gasteiger partial charge in [0.25, 0.3) is 0 Å². The van der Waals surface area contributed by atoms with Crippen molar-refractivity contribution in [3.63, 3.8) is 0 Å². The molecule has 0 radical (unpaired) electrons. The molecule has 0 aliphatic heterocycles. The Labute approximate surface area is 120 Å². The first kappa shape index (κ1) is 14.5. The molecule has 0 aliphatic rings. The van der Waals surface area contributed by atoms with Crippen LogP contribution in [-0.4, -0.2) is 16.5 Å². The van der Waals surface area contributed by atoms with Gasteiger partial charge in [0.15, 0.2) is 0 Å². The average Bonchev–Trinajstić information content (AvgIpc) is 2.47. The molecule has 2 rings (SSSR count). The topological polar surface area (TPSA) is 47.0 Å². The number of pyridine rings is 2. The highest BCUT2D eigenvalue weighted by molar-refractivity contribution is 5.20. The zero-order valence-electron chi connectivity index (χ0n) is 12.0. The van der Waals surface area contributed by atoms with Gasteiger partial charge >= 0.3 is 0 Å². The molecule has 0 saturated carbocycles. The van der Waals surface area contributed by atoms with Gasteiger partial charge in [-0.1, -0.05) is 13.8 Å². The fraction of sp³-hybridized carbons (Fsp3) is 0.375. The van der Waals surface area contributed by atoms with Crippen LogP contribution >= 0.6 is 0 Å². The monoisotopic (exact) mass is 271 g/mol. The first-order valence-corrected chi connectivity index (χ1v) is 6.91. The van der Waals surface area contributed by atoms with Crippen LogP contribution in [0, 0.1) is 5.92 Å². The van der Waals surface area contributed by atoms with E-state index < -0.39 is 0 Å². The number of nitrogens with one attached hydrogen (secondary N) is 1. The average molecular weight is 271 g/mol. The van der Waals surface area contributed by atoms with Gasteiger partial charge in [0, 0.05) is 18.9 Å². The van der Waals surface area contributed by atoms with E-state index in [1.54, 1.807) is 18.6 Å². The molecule has 20 heavy (non-hydrogen) atoms. The van der Waals surface area contributed by atoms with Crippen LogP contribution < -0.4 is 10.1 Å². The van der Waals surface area contributed by atoms with E-state index in [4.69, 9.17) is 4.74 Å². The van der Waals surface area contributed by atoms with Gasteiger partial charge in [0.2, 0.25) is 0 Å². The summed E-state index contributed by atoms with van der Waals surface area (Å²) in [7, 11) is 0. The predicted molar refractivity (Wildman–Crippen MR) is 79.4 cm³/mol. The number of hydrogen-bond donors (Lipinski definition) is 1. The maximum atomic E-state index is 5.68. The molecule has 4 nitrogen and oxygen atoms in total. The Hall–Kier alpha value is -1.94. The van der Waals surface area contributed by atoms with Gasteiger partial charge in [-0.05, 0) is 42.3 Å². The summed E-state index contributed by atoms with van der Waals surface area (Å²) in [5.74, 6) is 1.44. The number of ether oxygens (including phenoxy) is 1. The van der Waals surface area contributed by atoms with Crippen molar-refractivity contribution >= 4 is 0 Å². The Morgan fingerprint density at radius 1 is 1.15 bits per heavy atom. The predicted octanol–water partition coefficient (Wildman–Crippen LogP) is 2.80. The zero-order valence-corrected chi connectivity index (χ0v) is 12.0. The first-order valence-electron chi connectivity index (χ1n) is 6.91. The van der Waals surface area contributed by atoms with E-state index in [-0.39, 0.29) is 0 Å². The van der Waals surface area contributed by atoms with Crippen LogP contribution in [0.5, 0.6) is 5.75 Å². The molecule has 2 heterocycles. The molecule has 0 bridgehead atoms. The third kappa shape index (κ3) is 4.97. The Kier molecular flexibility index (Phi) is 5.50. The van der Waals surface area contributed by atoms with Gasteiger partial charge < -0.3 is 10.1 Å². The lowest BCUT2D eigenvalue weighted by molar-refractivity contribution is 0.304. The van der Waals surface area contributed by atoms with E-state index in [0.717, 1.165) is 30.1 Å². The molecule has 0 atom stereocenters. The van der Waals surface area contributed by atoms with Crippen molar-refractivity contribution in [2.45, 2.75) is 27.0 Å². The largest absolute Gasteiger partial charge is 0.487 e. The molecule has 0 saturated heterocycles. The van der Waals surface area contributed by atoms with Gasteiger partial charge in [-0.15, -0.1) is 0 Å². The first-order chi connectivity index (χ1) is 9.74. The number of nitrogens with zero attached hydrogens (tertiary/aromatic N) is 2. The highest BCUT2D eigenvalue weighted by Gasteiger charge is 1.99. The Balaban J connectivity index is 1.79. The van der Waals surface area contributed by atoms with Crippen molar-refractivity contribution in [1.82, 2.24) is 15.3 Å². The summed E-state index contributed by atoms with van der Waals surface area (Å²) in [6.45, 7) is 6.72. The Morgan fingerprint density at radius 3 is 2.60 bits per heavy atom. The second-order valence-electron chi connectivity index (χ2n) is 5.15. The SMILES string of the molecule is CC(C)CNCc1ccc(OCc2ccncc2)cn1. The molecule has 0 aliphatic carbocycles. The van der Waals surface area contributed by atoms with Gasteiger partial charge in [0.1, 0.15) is 12.4 Å². The van der Waals surface area contributed by atoms with Crippen LogP contribution in [0.15, 0.2) is 42.9 Å². The van der Waals surface area contributed by atoms with Gasteiger partial charge in [-0.25, -0.2) is 0 Å². The summed E-state index contributed by atoms with van der Waals surface area (Å²) in [4.78, 5) is 8.37. The van der Waals surface area contributed by atoms with Crippen LogP contribution in [-0.2, 0) is 13.2 Å². The Bertz CT molecular complexity index is 497. The quantitative estimate of drug-likeness (QED) is 0.841. The fourth-order valence-electron chi connectivity index (χ4n) is 1.74. The van der Waals surface area contributed by atoms with Gasteiger partial charge in [-0.3, -0.25) is 9.97 Å². The summed E-state index contributed by atoms with van der Waals surface area (Å²) < 4.78 is 5.68. The molecular weight excluding hydrogens is 250 g/mol. The van der Waals surface area contributed by atoms with Crippen LogP contribution in [0.2, 0.25) is 0 Å². The lowest BCUT2D eigenvalue weighted by Crippen LogP contribution is -2.19. The molecule has 2 aromatic rings. The number of hydrogen-bond acceptors (Lipinski definition) is 4. The molecule has 4 heteroatoms. The molecule has 0 fully saturated rings. The van der Waals surface area contributed by atoms with Gasteiger partial charge in [0.05, 0.1) is 11.9 Å². The molecule has 0 aromatic carbocycles. The summed E-state index contributed by atoms with van der Waals surface area (Å²) in [5, 5.41) is 3.37.